The average molecular weight is 365 g/mol. The molecule has 0 atom stereocenters. The highest BCUT2D eigenvalue weighted by atomic mass is 35.5. The second kappa shape index (κ2) is 7.32. The van der Waals surface area contributed by atoms with Crippen LogP contribution in [0.25, 0.3) is 0 Å². The predicted molar refractivity (Wildman–Crippen MR) is 94.8 cm³/mol. The van der Waals surface area contributed by atoms with E-state index < -0.39 is 4.92 Å². The lowest BCUT2D eigenvalue weighted by Crippen LogP contribution is -2.38. The lowest BCUT2D eigenvalue weighted by Gasteiger charge is -2.31. The summed E-state index contributed by atoms with van der Waals surface area (Å²) in [6.07, 6.45) is 2.92. The van der Waals surface area contributed by atoms with Gasteiger partial charge in [-0.1, -0.05) is 41.9 Å². The number of hydrogen-bond acceptors (Lipinski definition) is 4. The van der Waals surface area contributed by atoms with E-state index in [1.54, 1.807) is 4.90 Å². The third kappa shape index (κ3) is 3.76. The van der Waals surface area contributed by atoms with E-state index in [-0.39, 0.29) is 15.9 Å². The molecule has 7 heteroatoms. The van der Waals surface area contributed by atoms with Crippen LogP contribution < -0.4 is 0 Å². The number of rotatable bonds is 4. The van der Waals surface area contributed by atoms with Crippen molar-refractivity contribution in [1.29, 1.82) is 0 Å². The van der Waals surface area contributed by atoms with E-state index in [1.807, 2.05) is 18.2 Å². The number of halogens is 1. The Labute approximate surface area is 149 Å². The van der Waals surface area contributed by atoms with Gasteiger partial charge < -0.3 is 4.90 Å². The van der Waals surface area contributed by atoms with Crippen molar-refractivity contribution in [3.63, 3.8) is 0 Å². The van der Waals surface area contributed by atoms with Gasteiger partial charge in [0.1, 0.15) is 4.88 Å². The zero-order valence-corrected chi connectivity index (χ0v) is 14.6. The Kier molecular flexibility index (Phi) is 5.16. The number of carbonyl (C=O) groups excluding carboxylic acids is 1. The zero-order valence-electron chi connectivity index (χ0n) is 13.0. The van der Waals surface area contributed by atoms with Crippen molar-refractivity contribution in [3.05, 3.63) is 61.3 Å². The van der Waals surface area contributed by atoms with E-state index in [0.717, 1.165) is 30.6 Å². The maximum Gasteiger partial charge on any atom is 0.299 e. The van der Waals surface area contributed by atoms with Crippen LogP contribution in [0.2, 0.25) is 4.34 Å². The number of nitrogens with zero attached hydrogens (tertiary/aromatic N) is 2. The molecule has 2 aromatic rings. The first-order valence-electron chi connectivity index (χ1n) is 7.81. The van der Waals surface area contributed by atoms with Crippen molar-refractivity contribution < 1.29 is 9.72 Å². The number of likely N-dealkylation sites (tertiary alicyclic amines) is 1. The molecule has 0 spiro atoms. The number of thiophene rings is 1. The van der Waals surface area contributed by atoms with Gasteiger partial charge in [-0.05, 0) is 30.7 Å². The largest absolute Gasteiger partial charge is 0.338 e. The first-order chi connectivity index (χ1) is 11.5. The van der Waals surface area contributed by atoms with Gasteiger partial charge in [0, 0.05) is 19.2 Å². The molecule has 2 heterocycles. The molecule has 1 aromatic carbocycles. The van der Waals surface area contributed by atoms with Crippen LogP contribution in [0.1, 0.15) is 28.1 Å². The Bertz CT molecular complexity index is 740. The molecule has 1 aromatic heterocycles. The summed E-state index contributed by atoms with van der Waals surface area (Å²) in [5.41, 5.74) is 1.13. The third-order valence-corrected chi connectivity index (χ3v) is 5.67. The molecule has 0 saturated carbocycles. The Morgan fingerprint density at radius 1 is 1.29 bits per heavy atom. The molecule has 0 aliphatic carbocycles. The van der Waals surface area contributed by atoms with Gasteiger partial charge in [0.15, 0.2) is 4.34 Å². The SMILES string of the molecule is O=C(c1cc([N+](=O)[O-])c(Cl)s1)N1CCC(Cc2ccccc2)CC1. The van der Waals surface area contributed by atoms with Crippen LogP contribution in [0.4, 0.5) is 5.69 Å². The van der Waals surface area contributed by atoms with Gasteiger partial charge in [0.25, 0.3) is 11.6 Å². The van der Waals surface area contributed by atoms with Gasteiger partial charge in [-0.2, -0.15) is 0 Å². The highest BCUT2D eigenvalue weighted by Gasteiger charge is 2.27. The molecule has 24 heavy (non-hydrogen) atoms. The van der Waals surface area contributed by atoms with E-state index in [4.69, 9.17) is 11.6 Å². The van der Waals surface area contributed by atoms with Crippen LogP contribution in [-0.2, 0) is 6.42 Å². The van der Waals surface area contributed by atoms with Crippen LogP contribution >= 0.6 is 22.9 Å². The highest BCUT2D eigenvalue weighted by Crippen LogP contribution is 2.35. The summed E-state index contributed by atoms with van der Waals surface area (Å²) >= 11 is 6.82. The molecule has 126 valence electrons. The summed E-state index contributed by atoms with van der Waals surface area (Å²) in [7, 11) is 0. The molecule has 0 unspecified atom stereocenters. The lowest BCUT2D eigenvalue weighted by molar-refractivity contribution is -0.384. The minimum Gasteiger partial charge on any atom is -0.338 e. The highest BCUT2D eigenvalue weighted by molar-refractivity contribution is 7.18. The Morgan fingerprint density at radius 3 is 2.54 bits per heavy atom. The second-order valence-electron chi connectivity index (χ2n) is 5.95. The number of nitro groups is 1. The maximum absolute atomic E-state index is 12.5. The van der Waals surface area contributed by atoms with E-state index in [0.29, 0.717) is 23.9 Å². The normalized spacial score (nSPS) is 15.5. The van der Waals surface area contributed by atoms with Crippen LogP contribution in [-0.4, -0.2) is 28.8 Å². The van der Waals surface area contributed by atoms with Gasteiger partial charge in [0.05, 0.1) is 4.92 Å². The molecule has 0 bridgehead atoms. The van der Waals surface area contributed by atoms with Crippen LogP contribution in [0.5, 0.6) is 0 Å². The van der Waals surface area contributed by atoms with Crippen LogP contribution in [0, 0.1) is 16.0 Å². The molecule has 1 aliphatic rings. The fraction of sp³-hybridized carbons (Fsp3) is 0.353. The van der Waals surface area contributed by atoms with Gasteiger partial charge in [-0.3, -0.25) is 14.9 Å². The number of piperidine rings is 1. The molecule has 1 fully saturated rings. The fourth-order valence-electron chi connectivity index (χ4n) is 3.03. The number of hydrogen-bond donors (Lipinski definition) is 0. The van der Waals surface area contributed by atoms with Crippen molar-refractivity contribution in [2.75, 3.05) is 13.1 Å². The molecular formula is C17H17ClN2O3S. The molecule has 0 N–H and O–H groups in total. The molecular weight excluding hydrogens is 348 g/mol. The van der Waals surface area contributed by atoms with E-state index in [9.17, 15) is 14.9 Å². The molecule has 1 saturated heterocycles. The van der Waals surface area contributed by atoms with E-state index in [1.165, 1.54) is 11.6 Å². The summed E-state index contributed by atoms with van der Waals surface area (Å²) in [5.74, 6) is 0.408. The first kappa shape index (κ1) is 16.9. The van der Waals surface area contributed by atoms with Crippen LogP contribution in [0.3, 0.4) is 0 Å². The molecule has 3 rings (SSSR count). The molecule has 1 aliphatic heterocycles. The summed E-state index contributed by atoms with van der Waals surface area (Å²) in [5, 5.41) is 10.9. The molecule has 5 nitrogen and oxygen atoms in total. The standard InChI is InChI=1S/C17H17ClN2O3S/c18-16-14(20(22)23)11-15(24-16)17(21)19-8-6-13(7-9-19)10-12-4-2-1-3-5-12/h1-5,11,13H,6-10H2. The zero-order chi connectivity index (χ0) is 17.1. The van der Waals surface area contributed by atoms with Gasteiger partial charge in [-0.15, -0.1) is 11.3 Å². The van der Waals surface area contributed by atoms with Gasteiger partial charge in [0.2, 0.25) is 0 Å². The summed E-state index contributed by atoms with van der Waals surface area (Å²) in [4.78, 5) is 24.9. The minimum atomic E-state index is -0.554. The minimum absolute atomic E-state index is 0.0577. The van der Waals surface area contributed by atoms with Crippen molar-refractivity contribution in [3.8, 4) is 0 Å². The number of carbonyl (C=O) groups is 1. The van der Waals surface area contributed by atoms with Crippen molar-refractivity contribution in [2.24, 2.45) is 5.92 Å². The first-order valence-corrected chi connectivity index (χ1v) is 9.01. The summed E-state index contributed by atoms with van der Waals surface area (Å²) in [6, 6.07) is 11.6. The predicted octanol–water partition coefficient (Wildman–Crippen LogP) is 4.40. The summed E-state index contributed by atoms with van der Waals surface area (Å²) in [6.45, 7) is 1.36. The lowest BCUT2D eigenvalue weighted by atomic mass is 9.90. The van der Waals surface area contributed by atoms with Crippen molar-refractivity contribution >= 4 is 34.5 Å². The summed E-state index contributed by atoms with van der Waals surface area (Å²) < 4.78 is 0.0577. The second-order valence-corrected chi connectivity index (χ2v) is 7.61. The van der Waals surface area contributed by atoms with Crippen LogP contribution in [0.15, 0.2) is 36.4 Å². The molecule has 0 radical (unpaired) electrons. The molecule has 1 amide bonds. The number of amides is 1. The smallest absolute Gasteiger partial charge is 0.299 e. The topological polar surface area (TPSA) is 63.4 Å². The van der Waals surface area contributed by atoms with E-state index >= 15 is 0 Å². The third-order valence-electron chi connectivity index (χ3n) is 4.35. The Morgan fingerprint density at radius 2 is 1.96 bits per heavy atom. The van der Waals surface area contributed by atoms with Crippen molar-refractivity contribution in [2.45, 2.75) is 19.3 Å². The Hall–Kier alpha value is -1.92. The quantitative estimate of drug-likeness (QED) is 0.596. The van der Waals surface area contributed by atoms with Gasteiger partial charge in [-0.25, -0.2) is 0 Å². The van der Waals surface area contributed by atoms with E-state index in [2.05, 4.69) is 12.1 Å². The van der Waals surface area contributed by atoms with Crippen molar-refractivity contribution in [1.82, 2.24) is 4.90 Å². The van der Waals surface area contributed by atoms with Gasteiger partial charge >= 0.3 is 0 Å². The average Bonchev–Trinajstić information content (AvgIpc) is 2.98. The number of benzene rings is 1. The monoisotopic (exact) mass is 364 g/mol. The Balaban J connectivity index is 1.59. The maximum atomic E-state index is 12.5. The fourth-order valence-corrected chi connectivity index (χ4v) is 4.22.